The molecule has 0 bridgehead atoms. The van der Waals surface area contributed by atoms with Crippen LogP contribution in [0.2, 0.25) is 0 Å². The van der Waals surface area contributed by atoms with Gasteiger partial charge in [-0.05, 0) is 37.5 Å². The van der Waals surface area contributed by atoms with Gasteiger partial charge in [-0.15, -0.1) is 0 Å². The smallest absolute Gasteiger partial charge is 0.317 e. The van der Waals surface area contributed by atoms with Gasteiger partial charge in [-0.1, -0.05) is 26.2 Å². The molecular formula is C14H26N2O. The van der Waals surface area contributed by atoms with Gasteiger partial charge in [0.05, 0.1) is 0 Å². The van der Waals surface area contributed by atoms with Crippen molar-refractivity contribution < 1.29 is 4.79 Å². The first-order chi connectivity index (χ1) is 8.25. The average Bonchev–Trinajstić information content (AvgIpc) is 2.37. The van der Waals surface area contributed by atoms with Crippen molar-refractivity contribution in [3.63, 3.8) is 0 Å². The summed E-state index contributed by atoms with van der Waals surface area (Å²) in [6, 6.07) is 0.169. The molecule has 3 nitrogen and oxygen atoms in total. The number of rotatable bonds is 2. The summed E-state index contributed by atoms with van der Waals surface area (Å²) >= 11 is 0. The summed E-state index contributed by atoms with van der Waals surface area (Å²) in [7, 11) is 0. The molecule has 2 fully saturated rings. The van der Waals surface area contributed by atoms with Gasteiger partial charge in [0.1, 0.15) is 0 Å². The summed E-state index contributed by atoms with van der Waals surface area (Å²) in [5.74, 6) is 1.40. The summed E-state index contributed by atoms with van der Waals surface area (Å²) in [6.45, 7) is 5.02. The third-order valence-corrected chi connectivity index (χ3v) is 4.21. The Bertz CT molecular complexity index is 249. The number of likely N-dealkylation sites (tertiary alicyclic amines) is 1. The maximum atomic E-state index is 12.0. The number of hydrogen-bond acceptors (Lipinski definition) is 1. The van der Waals surface area contributed by atoms with Crippen LogP contribution in [0.5, 0.6) is 0 Å². The second-order valence-corrected chi connectivity index (χ2v) is 5.88. The van der Waals surface area contributed by atoms with E-state index >= 15 is 0 Å². The SMILES string of the molecule is CC1CCCN(C(=O)NCC2CCCCC2)C1. The van der Waals surface area contributed by atoms with E-state index in [9.17, 15) is 4.79 Å². The van der Waals surface area contributed by atoms with Crippen molar-refractivity contribution in [3.8, 4) is 0 Å². The Labute approximate surface area is 105 Å². The molecule has 2 rings (SSSR count). The Hall–Kier alpha value is -0.730. The van der Waals surface area contributed by atoms with Crippen molar-refractivity contribution in [2.45, 2.75) is 51.9 Å². The summed E-state index contributed by atoms with van der Waals surface area (Å²) < 4.78 is 0. The number of carbonyl (C=O) groups is 1. The van der Waals surface area contributed by atoms with Gasteiger partial charge in [0.25, 0.3) is 0 Å². The number of nitrogens with zero attached hydrogens (tertiary/aromatic N) is 1. The number of hydrogen-bond donors (Lipinski definition) is 1. The molecule has 0 aromatic carbocycles. The van der Waals surface area contributed by atoms with Crippen molar-refractivity contribution in [2.75, 3.05) is 19.6 Å². The molecule has 1 aliphatic heterocycles. The molecule has 1 aliphatic carbocycles. The van der Waals surface area contributed by atoms with Gasteiger partial charge in [-0.2, -0.15) is 0 Å². The second-order valence-electron chi connectivity index (χ2n) is 5.88. The lowest BCUT2D eigenvalue weighted by Crippen LogP contribution is -2.46. The Balaban J connectivity index is 1.69. The van der Waals surface area contributed by atoms with Crippen molar-refractivity contribution >= 4 is 6.03 Å². The van der Waals surface area contributed by atoms with Gasteiger partial charge >= 0.3 is 6.03 Å². The number of amides is 2. The van der Waals surface area contributed by atoms with Crippen molar-refractivity contribution in [1.29, 1.82) is 0 Å². The minimum Gasteiger partial charge on any atom is -0.338 e. The fraction of sp³-hybridized carbons (Fsp3) is 0.929. The Kier molecular flexibility index (Phi) is 4.69. The summed E-state index contributed by atoms with van der Waals surface area (Å²) in [6.07, 6.45) is 9.12. The molecule has 2 amide bonds. The van der Waals surface area contributed by atoms with Gasteiger partial charge in [0, 0.05) is 19.6 Å². The van der Waals surface area contributed by atoms with Crippen molar-refractivity contribution in [1.82, 2.24) is 10.2 Å². The van der Waals surface area contributed by atoms with Crippen LogP contribution in [0.4, 0.5) is 4.79 Å². The predicted octanol–water partition coefficient (Wildman–Crippen LogP) is 3.01. The molecule has 1 saturated heterocycles. The quantitative estimate of drug-likeness (QED) is 0.788. The second kappa shape index (κ2) is 6.27. The van der Waals surface area contributed by atoms with E-state index in [4.69, 9.17) is 0 Å². The van der Waals surface area contributed by atoms with E-state index in [1.807, 2.05) is 4.90 Å². The highest BCUT2D eigenvalue weighted by molar-refractivity contribution is 5.74. The van der Waals surface area contributed by atoms with Gasteiger partial charge < -0.3 is 10.2 Å². The van der Waals surface area contributed by atoms with E-state index in [1.165, 1.54) is 38.5 Å². The van der Waals surface area contributed by atoms with Gasteiger partial charge in [-0.25, -0.2) is 4.79 Å². The molecule has 0 radical (unpaired) electrons. The van der Waals surface area contributed by atoms with Gasteiger partial charge in [0.2, 0.25) is 0 Å². The maximum absolute atomic E-state index is 12.0. The lowest BCUT2D eigenvalue weighted by molar-refractivity contribution is 0.167. The molecule has 1 atom stereocenters. The van der Waals surface area contributed by atoms with Crippen LogP contribution in [0.25, 0.3) is 0 Å². The van der Waals surface area contributed by atoms with Crippen LogP contribution in [0.15, 0.2) is 0 Å². The predicted molar refractivity (Wildman–Crippen MR) is 69.9 cm³/mol. The van der Waals surface area contributed by atoms with E-state index < -0.39 is 0 Å². The lowest BCUT2D eigenvalue weighted by atomic mass is 9.89. The maximum Gasteiger partial charge on any atom is 0.317 e. The van der Waals surface area contributed by atoms with Crippen LogP contribution < -0.4 is 5.32 Å². The molecule has 98 valence electrons. The van der Waals surface area contributed by atoms with E-state index in [2.05, 4.69) is 12.2 Å². The fourth-order valence-corrected chi connectivity index (χ4v) is 3.11. The van der Waals surface area contributed by atoms with Gasteiger partial charge in [-0.3, -0.25) is 0 Å². The first-order valence-electron chi connectivity index (χ1n) is 7.28. The normalized spacial score (nSPS) is 26.9. The molecule has 1 unspecified atom stereocenters. The third-order valence-electron chi connectivity index (χ3n) is 4.21. The van der Waals surface area contributed by atoms with Crippen molar-refractivity contribution in [3.05, 3.63) is 0 Å². The number of piperidine rings is 1. The lowest BCUT2D eigenvalue weighted by Gasteiger charge is -2.31. The highest BCUT2D eigenvalue weighted by Gasteiger charge is 2.21. The zero-order chi connectivity index (χ0) is 12.1. The average molecular weight is 238 g/mol. The van der Waals surface area contributed by atoms with Crippen LogP contribution >= 0.6 is 0 Å². The highest BCUT2D eigenvalue weighted by atomic mass is 16.2. The van der Waals surface area contributed by atoms with E-state index in [0.717, 1.165) is 32.0 Å². The molecule has 1 heterocycles. The highest BCUT2D eigenvalue weighted by Crippen LogP contribution is 2.23. The van der Waals surface area contributed by atoms with Crippen LogP contribution in [-0.2, 0) is 0 Å². The van der Waals surface area contributed by atoms with Crippen LogP contribution in [0, 0.1) is 11.8 Å². The number of urea groups is 1. The summed E-state index contributed by atoms with van der Waals surface area (Å²) in [5, 5.41) is 3.13. The molecule has 0 spiro atoms. The standard InChI is InChI=1S/C14H26N2O/c1-12-6-5-9-16(11-12)14(17)15-10-13-7-3-2-4-8-13/h12-13H,2-11H2,1H3,(H,15,17). The summed E-state index contributed by atoms with van der Waals surface area (Å²) in [5.41, 5.74) is 0. The van der Waals surface area contributed by atoms with Crippen LogP contribution in [-0.4, -0.2) is 30.6 Å². The molecule has 0 aromatic rings. The molecule has 17 heavy (non-hydrogen) atoms. The first-order valence-corrected chi connectivity index (χ1v) is 7.28. The first kappa shape index (κ1) is 12.7. The van der Waals surface area contributed by atoms with Crippen LogP contribution in [0.1, 0.15) is 51.9 Å². The minimum atomic E-state index is 0.169. The molecule has 2 aliphatic rings. The van der Waals surface area contributed by atoms with E-state index in [0.29, 0.717) is 5.92 Å². The number of nitrogens with one attached hydrogen (secondary N) is 1. The fourth-order valence-electron chi connectivity index (χ4n) is 3.11. The minimum absolute atomic E-state index is 0.169. The largest absolute Gasteiger partial charge is 0.338 e. The van der Waals surface area contributed by atoms with E-state index in [-0.39, 0.29) is 6.03 Å². The zero-order valence-corrected chi connectivity index (χ0v) is 11.1. The topological polar surface area (TPSA) is 32.3 Å². The zero-order valence-electron chi connectivity index (χ0n) is 11.1. The monoisotopic (exact) mass is 238 g/mol. The molecule has 1 N–H and O–H groups in total. The Morgan fingerprint density at radius 2 is 1.94 bits per heavy atom. The Morgan fingerprint density at radius 3 is 2.65 bits per heavy atom. The molecular weight excluding hydrogens is 212 g/mol. The Morgan fingerprint density at radius 1 is 1.18 bits per heavy atom. The summed E-state index contributed by atoms with van der Waals surface area (Å²) in [4.78, 5) is 14.0. The molecule has 3 heteroatoms. The van der Waals surface area contributed by atoms with Crippen molar-refractivity contribution in [2.24, 2.45) is 11.8 Å². The third kappa shape index (κ3) is 3.90. The molecule has 1 saturated carbocycles. The molecule has 0 aromatic heterocycles. The van der Waals surface area contributed by atoms with Gasteiger partial charge in [0.15, 0.2) is 0 Å². The van der Waals surface area contributed by atoms with Crippen LogP contribution in [0.3, 0.4) is 0 Å². The number of carbonyl (C=O) groups excluding carboxylic acids is 1. The van der Waals surface area contributed by atoms with E-state index in [1.54, 1.807) is 0 Å².